The quantitative estimate of drug-likeness (QED) is 0.611. The second-order valence-electron chi connectivity index (χ2n) is 4.11. The Morgan fingerprint density at radius 2 is 2.24 bits per heavy atom. The predicted octanol–water partition coefficient (Wildman–Crippen LogP) is 0.126. The van der Waals surface area contributed by atoms with Crippen LogP contribution in [0.5, 0.6) is 0 Å². The minimum Gasteiger partial charge on any atom is -0.397 e. The first kappa shape index (κ1) is 13.2. The number of nitrogens with zero attached hydrogens (tertiary/aromatic N) is 2. The summed E-state index contributed by atoms with van der Waals surface area (Å²) in [5.41, 5.74) is 11.6. The number of carbonyl (C=O) groups is 1. The average molecular weight is 237 g/mol. The van der Waals surface area contributed by atoms with Gasteiger partial charge in [-0.25, -0.2) is 4.98 Å². The van der Waals surface area contributed by atoms with E-state index in [1.54, 1.807) is 0 Å². The molecule has 0 unspecified atom stereocenters. The maximum absolute atomic E-state index is 11.2. The zero-order valence-electron chi connectivity index (χ0n) is 10.2. The molecular weight excluding hydrogens is 218 g/mol. The third kappa shape index (κ3) is 4.28. The van der Waals surface area contributed by atoms with Gasteiger partial charge in [-0.3, -0.25) is 4.79 Å². The summed E-state index contributed by atoms with van der Waals surface area (Å²) in [4.78, 5) is 17.3. The van der Waals surface area contributed by atoms with Crippen LogP contribution >= 0.6 is 0 Å². The first-order chi connectivity index (χ1) is 8.00. The maximum atomic E-state index is 11.2. The zero-order valence-corrected chi connectivity index (χ0v) is 10.2. The van der Waals surface area contributed by atoms with E-state index in [9.17, 15) is 4.79 Å². The van der Waals surface area contributed by atoms with Crippen LogP contribution in [0.1, 0.15) is 16.8 Å². The van der Waals surface area contributed by atoms with Crippen LogP contribution in [0.25, 0.3) is 0 Å². The SMILES string of the molecule is CN(C)CCCNc1ncc(N)cc1C(N)=O. The zero-order chi connectivity index (χ0) is 12.8. The molecule has 0 bridgehead atoms. The van der Waals surface area contributed by atoms with Gasteiger partial charge in [0.1, 0.15) is 5.82 Å². The van der Waals surface area contributed by atoms with E-state index in [0.717, 1.165) is 19.5 Å². The Bertz CT molecular complexity index is 391. The number of hydrogen-bond donors (Lipinski definition) is 3. The third-order valence-corrected chi connectivity index (χ3v) is 2.25. The van der Waals surface area contributed by atoms with E-state index in [2.05, 4.69) is 15.2 Å². The number of amides is 1. The molecule has 0 radical (unpaired) electrons. The Morgan fingerprint density at radius 3 is 2.82 bits per heavy atom. The van der Waals surface area contributed by atoms with Gasteiger partial charge in [0, 0.05) is 6.54 Å². The van der Waals surface area contributed by atoms with Crippen molar-refractivity contribution in [1.29, 1.82) is 0 Å². The van der Waals surface area contributed by atoms with Crippen molar-refractivity contribution in [1.82, 2.24) is 9.88 Å². The minimum atomic E-state index is -0.528. The number of anilines is 2. The van der Waals surface area contributed by atoms with Crippen molar-refractivity contribution in [3.63, 3.8) is 0 Å². The predicted molar refractivity (Wildman–Crippen MR) is 68.8 cm³/mol. The van der Waals surface area contributed by atoms with E-state index >= 15 is 0 Å². The summed E-state index contributed by atoms with van der Waals surface area (Å²) in [5, 5.41) is 3.08. The molecule has 17 heavy (non-hydrogen) atoms. The van der Waals surface area contributed by atoms with Gasteiger partial charge in [-0.1, -0.05) is 0 Å². The van der Waals surface area contributed by atoms with Gasteiger partial charge in [-0.15, -0.1) is 0 Å². The van der Waals surface area contributed by atoms with Gasteiger partial charge in [-0.05, 0) is 33.1 Å². The molecule has 1 heterocycles. The number of carbonyl (C=O) groups excluding carboxylic acids is 1. The summed E-state index contributed by atoms with van der Waals surface area (Å²) in [7, 11) is 4.02. The third-order valence-electron chi connectivity index (χ3n) is 2.25. The van der Waals surface area contributed by atoms with Crippen LogP contribution in [-0.2, 0) is 0 Å². The summed E-state index contributed by atoms with van der Waals surface area (Å²) in [6.07, 6.45) is 2.46. The molecule has 6 nitrogen and oxygen atoms in total. The van der Waals surface area contributed by atoms with E-state index in [-0.39, 0.29) is 0 Å². The molecule has 0 saturated heterocycles. The van der Waals surface area contributed by atoms with Gasteiger partial charge in [0.05, 0.1) is 17.4 Å². The summed E-state index contributed by atoms with van der Waals surface area (Å²) >= 11 is 0. The fourth-order valence-electron chi connectivity index (χ4n) is 1.41. The second kappa shape index (κ2) is 6.05. The molecular formula is C11H19N5O. The van der Waals surface area contributed by atoms with Crippen LogP contribution in [0.2, 0.25) is 0 Å². The van der Waals surface area contributed by atoms with Crippen LogP contribution in [0.3, 0.4) is 0 Å². The number of hydrogen-bond acceptors (Lipinski definition) is 5. The highest BCUT2D eigenvalue weighted by Crippen LogP contribution is 2.14. The number of pyridine rings is 1. The first-order valence-corrected chi connectivity index (χ1v) is 5.44. The molecule has 1 amide bonds. The van der Waals surface area contributed by atoms with Gasteiger partial charge >= 0.3 is 0 Å². The lowest BCUT2D eigenvalue weighted by atomic mass is 10.2. The first-order valence-electron chi connectivity index (χ1n) is 5.44. The molecule has 0 atom stereocenters. The Balaban J connectivity index is 2.61. The Labute approximate surface area is 101 Å². The molecule has 5 N–H and O–H groups in total. The molecule has 0 saturated carbocycles. The fraction of sp³-hybridized carbons (Fsp3) is 0.455. The van der Waals surface area contributed by atoms with Gasteiger partial charge in [0.25, 0.3) is 5.91 Å². The van der Waals surface area contributed by atoms with Crippen molar-refractivity contribution in [2.45, 2.75) is 6.42 Å². The molecule has 0 aliphatic carbocycles. The Kier molecular flexibility index (Phi) is 4.71. The number of nitrogens with one attached hydrogen (secondary N) is 1. The number of aromatic nitrogens is 1. The molecule has 0 fully saturated rings. The van der Waals surface area contributed by atoms with E-state index in [1.807, 2.05) is 14.1 Å². The number of primary amides is 1. The smallest absolute Gasteiger partial charge is 0.252 e. The molecule has 1 aromatic heterocycles. The number of nitrogen functional groups attached to an aromatic ring is 1. The Morgan fingerprint density at radius 1 is 1.53 bits per heavy atom. The highest BCUT2D eigenvalue weighted by atomic mass is 16.1. The van der Waals surface area contributed by atoms with Gasteiger partial charge < -0.3 is 21.7 Å². The van der Waals surface area contributed by atoms with Crippen molar-refractivity contribution >= 4 is 17.4 Å². The monoisotopic (exact) mass is 237 g/mol. The normalized spacial score (nSPS) is 10.5. The largest absolute Gasteiger partial charge is 0.397 e. The van der Waals surface area contributed by atoms with Crippen LogP contribution in [0.4, 0.5) is 11.5 Å². The highest BCUT2D eigenvalue weighted by Gasteiger charge is 2.09. The summed E-state index contributed by atoms with van der Waals surface area (Å²) in [5.74, 6) is -0.0367. The van der Waals surface area contributed by atoms with Crippen molar-refractivity contribution in [3.05, 3.63) is 17.8 Å². The van der Waals surface area contributed by atoms with Gasteiger partial charge in [0.2, 0.25) is 0 Å². The van der Waals surface area contributed by atoms with Crippen LogP contribution < -0.4 is 16.8 Å². The maximum Gasteiger partial charge on any atom is 0.252 e. The van der Waals surface area contributed by atoms with Crippen molar-refractivity contribution in [2.75, 3.05) is 38.2 Å². The molecule has 94 valence electrons. The standard InChI is InChI=1S/C11H19N5O/c1-16(2)5-3-4-14-11-9(10(13)17)6-8(12)7-15-11/h6-7H,3-5,12H2,1-2H3,(H2,13,17)(H,14,15). The fourth-order valence-corrected chi connectivity index (χ4v) is 1.41. The summed E-state index contributed by atoms with van der Waals surface area (Å²) < 4.78 is 0. The van der Waals surface area contributed by atoms with Crippen molar-refractivity contribution < 1.29 is 4.79 Å². The number of nitrogens with two attached hydrogens (primary N) is 2. The lowest BCUT2D eigenvalue weighted by molar-refractivity contribution is 0.100. The van der Waals surface area contributed by atoms with E-state index in [0.29, 0.717) is 17.1 Å². The second-order valence-corrected chi connectivity index (χ2v) is 4.11. The van der Waals surface area contributed by atoms with E-state index < -0.39 is 5.91 Å². The summed E-state index contributed by atoms with van der Waals surface area (Å²) in [6, 6.07) is 1.53. The molecule has 0 aliphatic rings. The summed E-state index contributed by atoms with van der Waals surface area (Å²) in [6.45, 7) is 1.70. The topological polar surface area (TPSA) is 97.3 Å². The van der Waals surface area contributed by atoms with Crippen molar-refractivity contribution in [2.24, 2.45) is 5.73 Å². The molecule has 0 aromatic carbocycles. The van der Waals surface area contributed by atoms with Crippen LogP contribution in [0.15, 0.2) is 12.3 Å². The van der Waals surface area contributed by atoms with Gasteiger partial charge in [-0.2, -0.15) is 0 Å². The van der Waals surface area contributed by atoms with E-state index in [1.165, 1.54) is 12.3 Å². The van der Waals surface area contributed by atoms with Crippen molar-refractivity contribution in [3.8, 4) is 0 Å². The lowest BCUT2D eigenvalue weighted by Gasteiger charge is -2.12. The molecule has 0 spiro atoms. The Hall–Kier alpha value is -1.82. The molecule has 1 rings (SSSR count). The van der Waals surface area contributed by atoms with Crippen LogP contribution in [-0.4, -0.2) is 43.0 Å². The van der Waals surface area contributed by atoms with Gasteiger partial charge in [0.15, 0.2) is 0 Å². The van der Waals surface area contributed by atoms with Crippen LogP contribution in [0, 0.1) is 0 Å². The molecule has 0 aliphatic heterocycles. The minimum absolute atomic E-state index is 0.329. The highest BCUT2D eigenvalue weighted by molar-refractivity contribution is 5.98. The molecule has 6 heteroatoms. The lowest BCUT2D eigenvalue weighted by Crippen LogP contribution is -2.19. The van der Waals surface area contributed by atoms with E-state index in [4.69, 9.17) is 11.5 Å². The molecule has 1 aromatic rings. The average Bonchev–Trinajstić information content (AvgIpc) is 2.25. The number of rotatable bonds is 6.